The summed E-state index contributed by atoms with van der Waals surface area (Å²) in [5, 5.41) is 11.8. The topological polar surface area (TPSA) is 57.8 Å². The van der Waals surface area contributed by atoms with Crippen molar-refractivity contribution in [3.8, 4) is 0 Å². The fraction of sp³-hybridized carbons (Fsp3) is 0.562. The molecular formula is C16H24N6. The molecule has 3 heterocycles. The Hall–Kier alpha value is -2.11. The normalized spacial score (nSPS) is 15.7. The van der Waals surface area contributed by atoms with Crippen molar-refractivity contribution < 1.29 is 0 Å². The van der Waals surface area contributed by atoms with Crippen molar-refractivity contribution in [2.45, 2.75) is 32.6 Å². The van der Waals surface area contributed by atoms with Gasteiger partial charge >= 0.3 is 0 Å². The number of fused-ring (bicyclic) bond motifs is 1. The zero-order valence-electron chi connectivity index (χ0n) is 13.2. The number of pyridine rings is 1. The molecule has 118 valence electrons. The number of aliphatic imine (C=N–C) groups is 1. The first-order valence-corrected chi connectivity index (χ1v) is 8.20. The van der Waals surface area contributed by atoms with Crippen LogP contribution in [-0.2, 0) is 6.42 Å². The molecule has 3 rings (SSSR count). The molecule has 2 aromatic heterocycles. The summed E-state index contributed by atoms with van der Waals surface area (Å²) in [6.07, 6.45) is 6.45. The van der Waals surface area contributed by atoms with Crippen LogP contribution in [0.2, 0.25) is 0 Å². The molecule has 0 spiro atoms. The molecule has 0 radical (unpaired) electrons. The van der Waals surface area contributed by atoms with Gasteiger partial charge in [0.2, 0.25) is 0 Å². The quantitative estimate of drug-likeness (QED) is 0.519. The van der Waals surface area contributed by atoms with E-state index >= 15 is 0 Å². The second-order valence-electron chi connectivity index (χ2n) is 5.58. The van der Waals surface area contributed by atoms with E-state index in [2.05, 4.69) is 31.7 Å². The van der Waals surface area contributed by atoms with Gasteiger partial charge in [0.1, 0.15) is 5.82 Å². The van der Waals surface area contributed by atoms with Crippen LogP contribution in [0.15, 0.2) is 29.4 Å². The van der Waals surface area contributed by atoms with Crippen LogP contribution in [0.1, 0.15) is 32.0 Å². The highest BCUT2D eigenvalue weighted by Crippen LogP contribution is 2.08. The summed E-state index contributed by atoms with van der Waals surface area (Å²) in [7, 11) is 0. The van der Waals surface area contributed by atoms with E-state index in [4.69, 9.17) is 4.99 Å². The van der Waals surface area contributed by atoms with E-state index in [0.29, 0.717) is 0 Å². The van der Waals surface area contributed by atoms with Crippen molar-refractivity contribution in [2.24, 2.45) is 4.99 Å². The van der Waals surface area contributed by atoms with E-state index in [1.54, 1.807) is 0 Å². The van der Waals surface area contributed by atoms with Gasteiger partial charge in [0.15, 0.2) is 11.6 Å². The summed E-state index contributed by atoms with van der Waals surface area (Å²) < 4.78 is 2.05. The number of aryl methyl sites for hydroxylation is 1. The Morgan fingerprint density at radius 3 is 2.95 bits per heavy atom. The lowest BCUT2D eigenvalue weighted by molar-refractivity contribution is 0.493. The minimum Gasteiger partial charge on any atom is -0.357 e. The Kier molecular flexibility index (Phi) is 4.88. The molecule has 1 N–H and O–H groups in total. The van der Waals surface area contributed by atoms with Gasteiger partial charge in [-0.15, -0.1) is 10.2 Å². The maximum atomic E-state index is 4.75. The van der Waals surface area contributed by atoms with Crippen molar-refractivity contribution in [2.75, 3.05) is 26.2 Å². The van der Waals surface area contributed by atoms with Gasteiger partial charge in [-0.1, -0.05) is 6.07 Å². The van der Waals surface area contributed by atoms with Crippen LogP contribution in [0, 0.1) is 0 Å². The van der Waals surface area contributed by atoms with Crippen LogP contribution in [0.25, 0.3) is 5.65 Å². The van der Waals surface area contributed by atoms with Crippen molar-refractivity contribution in [1.29, 1.82) is 0 Å². The van der Waals surface area contributed by atoms with E-state index in [1.807, 2.05) is 24.4 Å². The predicted octanol–water partition coefficient (Wildman–Crippen LogP) is 1.72. The number of likely N-dealkylation sites (tertiary alicyclic amines) is 1. The SMILES string of the molecule is CCNC(=NCCCc1nnc2ccccn12)N1CCCC1. The molecule has 6 nitrogen and oxygen atoms in total. The molecule has 1 fully saturated rings. The summed E-state index contributed by atoms with van der Waals surface area (Å²) >= 11 is 0. The Morgan fingerprint density at radius 1 is 1.27 bits per heavy atom. The summed E-state index contributed by atoms with van der Waals surface area (Å²) in [6, 6.07) is 5.97. The minimum atomic E-state index is 0.820. The minimum absolute atomic E-state index is 0.820. The van der Waals surface area contributed by atoms with E-state index in [9.17, 15) is 0 Å². The third-order valence-corrected chi connectivity index (χ3v) is 3.94. The molecule has 0 aromatic carbocycles. The fourth-order valence-electron chi connectivity index (χ4n) is 2.84. The number of hydrogen-bond donors (Lipinski definition) is 1. The third-order valence-electron chi connectivity index (χ3n) is 3.94. The van der Waals surface area contributed by atoms with Gasteiger partial charge in [0.05, 0.1) is 0 Å². The highest BCUT2D eigenvalue weighted by molar-refractivity contribution is 5.80. The first-order chi connectivity index (χ1) is 10.9. The Bertz CT molecular complexity index is 626. The number of rotatable bonds is 5. The van der Waals surface area contributed by atoms with Crippen molar-refractivity contribution >= 4 is 11.6 Å². The number of aromatic nitrogens is 3. The van der Waals surface area contributed by atoms with E-state index in [1.165, 1.54) is 12.8 Å². The highest BCUT2D eigenvalue weighted by atomic mass is 15.3. The zero-order valence-corrected chi connectivity index (χ0v) is 13.2. The van der Waals surface area contributed by atoms with Crippen LogP contribution in [0.5, 0.6) is 0 Å². The number of hydrogen-bond acceptors (Lipinski definition) is 3. The molecule has 6 heteroatoms. The van der Waals surface area contributed by atoms with E-state index in [-0.39, 0.29) is 0 Å². The number of guanidine groups is 1. The van der Waals surface area contributed by atoms with Crippen molar-refractivity contribution in [3.63, 3.8) is 0 Å². The lowest BCUT2D eigenvalue weighted by Crippen LogP contribution is -2.39. The average Bonchev–Trinajstić information content (AvgIpc) is 3.20. The Labute approximate surface area is 131 Å². The van der Waals surface area contributed by atoms with Gasteiger partial charge in [0, 0.05) is 38.8 Å². The summed E-state index contributed by atoms with van der Waals surface area (Å²) in [6.45, 7) is 6.11. The van der Waals surface area contributed by atoms with E-state index < -0.39 is 0 Å². The zero-order chi connectivity index (χ0) is 15.2. The molecule has 0 atom stereocenters. The van der Waals surface area contributed by atoms with Crippen LogP contribution in [0.3, 0.4) is 0 Å². The first kappa shape index (κ1) is 14.8. The summed E-state index contributed by atoms with van der Waals surface area (Å²) in [5.74, 6) is 2.07. The molecule has 1 aliphatic rings. The van der Waals surface area contributed by atoms with Gasteiger partial charge in [0.25, 0.3) is 0 Å². The van der Waals surface area contributed by atoms with Crippen LogP contribution >= 0.6 is 0 Å². The molecule has 0 unspecified atom stereocenters. The smallest absolute Gasteiger partial charge is 0.193 e. The Morgan fingerprint density at radius 2 is 2.14 bits per heavy atom. The molecule has 1 aliphatic heterocycles. The molecule has 2 aromatic rings. The second kappa shape index (κ2) is 7.24. The van der Waals surface area contributed by atoms with Crippen molar-refractivity contribution in [3.05, 3.63) is 30.2 Å². The predicted molar refractivity (Wildman–Crippen MR) is 88.1 cm³/mol. The summed E-state index contributed by atoms with van der Waals surface area (Å²) in [4.78, 5) is 7.11. The molecular weight excluding hydrogens is 276 g/mol. The molecule has 1 saturated heterocycles. The maximum absolute atomic E-state index is 4.75. The van der Waals surface area contributed by atoms with Crippen LogP contribution in [-0.4, -0.2) is 51.6 Å². The fourth-order valence-corrected chi connectivity index (χ4v) is 2.84. The standard InChI is InChI=1S/C16H24N6/c1-2-17-16(21-11-5-6-12-21)18-10-7-9-15-20-19-14-8-3-4-13-22(14)15/h3-4,8,13H,2,5-7,9-12H2,1H3,(H,17,18). The lowest BCUT2D eigenvalue weighted by Gasteiger charge is -2.20. The van der Waals surface area contributed by atoms with E-state index in [0.717, 1.165) is 56.5 Å². The molecule has 22 heavy (non-hydrogen) atoms. The number of nitrogens with one attached hydrogen (secondary N) is 1. The van der Waals surface area contributed by atoms with Gasteiger partial charge in [-0.3, -0.25) is 9.39 Å². The molecule has 0 aliphatic carbocycles. The highest BCUT2D eigenvalue weighted by Gasteiger charge is 2.15. The second-order valence-corrected chi connectivity index (χ2v) is 5.58. The van der Waals surface area contributed by atoms with Gasteiger partial charge in [-0.25, -0.2) is 0 Å². The van der Waals surface area contributed by atoms with Gasteiger partial charge in [-0.05, 0) is 38.3 Å². The van der Waals surface area contributed by atoms with Gasteiger partial charge in [-0.2, -0.15) is 0 Å². The monoisotopic (exact) mass is 300 g/mol. The van der Waals surface area contributed by atoms with Gasteiger partial charge < -0.3 is 10.2 Å². The third kappa shape index (κ3) is 3.37. The molecule has 0 amide bonds. The van der Waals surface area contributed by atoms with Crippen LogP contribution in [0.4, 0.5) is 0 Å². The maximum Gasteiger partial charge on any atom is 0.193 e. The molecule has 0 bridgehead atoms. The molecule has 0 saturated carbocycles. The first-order valence-electron chi connectivity index (χ1n) is 8.20. The number of nitrogens with zero attached hydrogens (tertiary/aromatic N) is 5. The lowest BCUT2D eigenvalue weighted by atomic mass is 10.3. The average molecular weight is 300 g/mol. The Balaban J connectivity index is 1.56. The van der Waals surface area contributed by atoms with Crippen LogP contribution < -0.4 is 5.32 Å². The van der Waals surface area contributed by atoms with Crippen molar-refractivity contribution in [1.82, 2.24) is 24.8 Å². The largest absolute Gasteiger partial charge is 0.357 e. The summed E-state index contributed by atoms with van der Waals surface area (Å²) in [5.41, 5.74) is 0.909.